The van der Waals surface area contributed by atoms with Gasteiger partial charge in [0.15, 0.2) is 0 Å². The molecule has 9 rings (SSSR count). The van der Waals surface area contributed by atoms with Gasteiger partial charge in [-0.15, -0.1) is 0 Å². The number of nitrogens with zero attached hydrogens (tertiary/aromatic N) is 2. The zero-order valence-corrected chi connectivity index (χ0v) is 24.0. The van der Waals surface area contributed by atoms with E-state index < -0.39 is 0 Å². The Labute approximate surface area is 240 Å². The highest BCUT2D eigenvalue weighted by atomic mass is 15.0. The number of fused-ring (bicyclic) bond motifs is 9. The average molecular weight is 526 g/mol. The smallest absolute Gasteiger partial charge is 0.248 e. The topological polar surface area (TPSA) is 9.86 Å². The number of para-hydroxylation sites is 3. The molecule has 0 saturated heterocycles. The standard InChI is InChI=1S/C38H31BN2/c1-23-14-6-5-7-15-24(23)36-37(38(2,3)4)39-29-18-10-13-21-32(29)40-30-19-11-8-16-25(30)27-22-28-26-17-9-12-20-31(26)41(36)35(28)33(39)34(27)40/h5-13,15-22H,14H2,1-4H3. The fourth-order valence-electron chi connectivity index (χ4n) is 8.08. The molecule has 0 amide bonds. The van der Waals surface area contributed by atoms with Gasteiger partial charge in [-0.3, -0.25) is 0 Å². The number of benzene rings is 4. The lowest BCUT2D eigenvalue weighted by molar-refractivity contribution is 0.527. The molecule has 3 aliphatic rings. The van der Waals surface area contributed by atoms with E-state index in [1.54, 1.807) is 0 Å². The third-order valence-corrected chi connectivity index (χ3v) is 9.63. The maximum Gasteiger partial charge on any atom is 0.248 e. The van der Waals surface area contributed by atoms with Crippen molar-refractivity contribution in [3.05, 3.63) is 120 Å². The molecule has 0 atom stereocenters. The highest BCUT2D eigenvalue weighted by Gasteiger charge is 2.45. The second-order valence-corrected chi connectivity index (χ2v) is 13.0. The Morgan fingerprint density at radius 1 is 0.707 bits per heavy atom. The largest absolute Gasteiger partial charge is 0.310 e. The SMILES string of the molecule is CC1=C(C2=C(C(C)(C)C)B3c4ccccc4-n4c5ccccc5c5cc6c7ccccc7n2c6c3c54)C=CC=CC1. The fraction of sp³-hybridized carbons (Fsp3) is 0.158. The van der Waals surface area contributed by atoms with Gasteiger partial charge in [0, 0.05) is 32.9 Å². The molecule has 3 heteroatoms. The van der Waals surface area contributed by atoms with Gasteiger partial charge in [-0.2, -0.15) is 0 Å². The summed E-state index contributed by atoms with van der Waals surface area (Å²) < 4.78 is 5.19. The van der Waals surface area contributed by atoms with Crippen LogP contribution in [0.25, 0.3) is 55.0 Å². The molecule has 0 radical (unpaired) electrons. The predicted octanol–water partition coefficient (Wildman–Crippen LogP) is 8.46. The first-order valence-electron chi connectivity index (χ1n) is 14.8. The van der Waals surface area contributed by atoms with Crippen LogP contribution >= 0.6 is 0 Å². The van der Waals surface area contributed by atoms with Gasteiger partial charge in [-0.05, 0) is 59.5 Å². The van der Waals surface area contributed by atoms with E-state index in [0.717, 1.165) is 6.42 Å². The second kappa shape index (κ2) is 7.82. The van der Waals surface area contributed by atoms with Gasteiger partial charge in [-0.1, -0.05) is 111 Å². The Balaban J connectivity index is 1.62. The van der Waals surface area contributed by atoms with E-state index in [9.17, 15) is 0 Å². The molecule has 0 spiro atoms. The van der Waals surface area contributed by atoms with Gasteiger partial charge in [0.1, 0.15) is 0 Å². The van der Waals surface area contributed by atoms with Gasteiger partial charge in [0.25, 0.3) is 0 Å². The van der Waals surface area contributed by atoms with Crippen molar-refractivity contribution in [2.45, 2.75) is 34.1 Å². The molecule has 0 bridgehead atoms. The Bertz CT molecular complexity index is 2270. The lowest BCUT2D eigenvalue weighted by atomic mass is 9.30. The third kappa shape index (κ3) is 2.84. The number of allylic oxidation sites excluding steroid dienone is 8. The van der Waals surface area contributed by atoms with Gasteiger partial charge >= 0.3 is 0 Å². The Morgan fingerprint density at radius 2 is 1.34 bits per heavy atom. The minimum atomic E-state index is -0.0697. The van der Waals surface area contributed by atoms with Crippen molar-refractivity contribution in [1.29, 1.82) is 0 Å². The summed E-state index contributed by atoms with van der Waals surface area (Å²) in [5.41, 5.74) is 15.1. The van der Waals surface area contributed by atoms with Crippen molar-refractivity contribution in [2.75, 3.05) is 0 Å². The molecule has 2 aromatic heterocycles. The monoisotopic (exact) mass is 526 g/mol. The highest BCUT2D eigenvalue weighted by molar-refractivity contribution is 6.96. The van der Waals surface area contributed by atoms with Crippen LogP contribution in [0.2, 0.25) is 0 Å². The van der Waals surface area contributed by atoms with Crippen LogP contribution in [-0.2, 0) is 0 Å². The zero-order valence-electron chi connectivity index (χ0n) is 24.0. The summed E-state index contributed by atoms with van der Waals surface area (Å²) in [7, 11) is 0. The quantitative estimate of drug-likeness (QED) is 0.190. The van der Waals surface area contributed by atoms with Gasteiger partial charge < -0.3 is 9.13 Å². The summed E-state index contributed by atoms with van der Waals surface area (Å²) >= 11 is 0. The molecule has 0 unspecified atom stereocenters. The van der Waals surface area contributed by atoms with Crippen LogP contribution in [0.3, 0.4) is 0 Å². The zero-order chi connectivity index (χ0) is 27.6. The van der Waals surface area contributed by atoms with Crippen LogP contribution in [0.1, 0.15) is 34.1 Å². The predicted molar refractivity (Wildman–Crippen MR) is 177 cm³/mol. The molecule has 4 aromatic carbocycles. The van der Waals surface area contributed by atoms with Crippen molar-refractivity contribution >= 4 is 66.9 Å². The van der Waals surface area contributed by atoms with Crippen molar-refractivity contribution in [1.82, 2.24) is 9.13 Å². The van der Waals surface area contributed by atoms with Crippen LogP contribution in [0.15, 0.2) is 120 Å². The fourth-order valence-corrected chi connectivity index (χ4v) is 8.08. The summed E-state index contributed by atoms with van der Waals surface area (Å²) in [4.78, 5) is 0. The molecule has 41 heavy (non-hydrogen) atoms. The van der Waals surface area contributed by atoms with E-state index in [4.69, 9.17) is 0 Å². The number of hydrogen-bond acceptors (Lipinski definition) is 0. The van der Waals surface area contributed by atoms with Crippen molar-refractivity contribution in [2.24, 2.45) is 5.41 Å². The Hall–Kier alpha value is -4.50. The molecule has 0 saturated carbocycles. The summed E-state index contributed by atoms with van der Waals surface area (Å²) in [6.45, 7) is 9.73. The van der Waals surface area contributed by atoms with E-state index in [-0.39, 0.29) is 12.1 Å². The van der Waals surface area contributed by atoms with Crippen LogP contribution in [0, 0.1) is 5.41 Å². The summed E-state index contributed by atoms with van der Waals surface area (Å²) in [5, 5.41) is 5.37. The molecule has 2 aliphatic heterocycles. The summed E-state index contributed by atoms with van der Waals surface area (Å²) in [5.74, 6) is 0. The molecule has 0 N–H and O–H groups in total. The number of aromatic nitrogens is 2. The van der Waals surface area contributed by atoms with E-state index in [1.807, 2.05) is 0 Å². The van der Waals surface area contributed by atoms with Gasteiger partial charge in [0.05, 0.1) is 22.1 Å². The van der Waals surface area contributed by atoms with Crippen molar-refractivity contribution in [3.63, 3.8) is 0 Å². The molecular formula is C38H31BN2. The van der Waals surface area contributed by atoms with Crippen LogP contribution in [0.5, 0.6) is 0 Å². The summed E-state index contributed by atoms with van der Waals surface area (Å²) in [6, 6.07) is 29.7. The minimum Gasteiger partial charge on any atom is -0.310 e. The molecule has 0 fully saturated rings. The van der Waals surface area contributed by atoms with E-state index in [1.165, 1.54) is 82.5 Å². The van der Waals surface area contributed by atoms with Crippen LogP contribution in [0.4, 0.5) is 0 Å². The molecule has 1 aliphatic carbocycles. The first-order valence-corrected chi connectivity index (χ1v) is 14.8. The molecule has 196 valence electrons. The molecular weight excluding hydrogens is 495 g/mol. The van der Waals surface area contributed by atoms with Gasteiger partial charge in [-0.25, -0.2) is 0 Å². The highest BCUT2D eigenvalue weighted by Crippen LogP contribution is 2.48. The van der Waals surface area contributed by atoms with E-state index in [2.05, 4.69) is 140 Å². The maximum absolute atomic E-state index is 2.64. The number of hydrogen-bond donors (Lipinski definition) is 0. The normalized spacial score (nSPS) is 16.2. The Morgan fingerprint density at radius 3 is 2.07 bits per heavy atom. The van der Waals surface area contributed by atoms with Gasteiger partial charge in [0.2, 0.25) is 6.71 Å². The van der Waals surface area contributed by atoms with E-state index >= 15 is 0 Å². The van der Waals surface area contributed by atoms with Crippen molar-refractivity contribution < 1.29 is 0 Å². The molecule has 4 heterocycles. The van der Waals surface area contributed by atoms with Crippen LogP contribution in [-0.4, -0.2) is 15.8 Å². The number of rotatable bonds is 1. The second-order valence-electron chi connectivity index (χ2n) is 13.0. The first-order chi connectivity index (χ1) is 19.9. The molecule has 2 nitrogen and oxygen atoms in total. The first kappa shape index (κ1) is 23.2. The minimum absolute atomic E-state index is 0.0697. The van der Waals surface area contributed by atoms with Crippen LogP contribution < -0.4 is 10.9 Å². The third-order valence-electron chi connectivity index (χ3n) is 9.63. The summed E-state index contributed by atoms with van der Waals surface area (Å²) in [6.07, 6.45) is 10.0. The van der Waals surface area contributed by atoms with Crippen molar-refractivity contribution in [3.8, 4) is 5.69 Å². The maximum atomic E-state index is 2.64. The van der Waals surface area contributed by atoms with E-state index in [0.29, 0.717) is 0 Å². The average Bonchev–Trinajstić information content (AvgIpc) is 3.39. The lowest BCUT2D eigenvalue weighted by Gasteiger charge is -2.40. The molecule has 6 aromatic rings. The lowest BCUT2D eigenvalue weighted by Crippen LogP contribution is -2.54. The Kier molecular flexibility index (Phi) is 4.43.